The maximum atomic E-state index is 11.1. The molecule has 0 amide bonds. The predicted octanol–water partition coefficient (Wildman–Crippen LogP) is -0.474. The van der Waals surface area contributed by atoms with Crippen LogP contribution in [0.3, 0.4) is 0 Å². The van der Waals surface area contributed by atoms with Crippen LogP contribution in [0.25, 0.3) is 0 Å². The van der Waals surface area contributed by atoms with Crippen molar-refractivity contribution in [1.82, 2.24) is 0 Å². The zero-order chi connectivity index (χ0) is 9.95. The molecule has 0 aromatic carbocycles. The van der Waals surface area contributed by atoms with Gasteiger partial charge in [-0.3, -0.25) is 0 Å². The van der Waals surface area contributed by atoms with Gasteiger partial charge in [0.15, 0.2) is 9.84 Å². The van der Waals surface area contributed by atoms with Crippen molar-refractivity contribution in [2.24, 2.45) is 4.99 Å². The average molecular weight is 205 g/mol. The largest absolute Gasteiger partial charge is 0.375 e. The molecule has 0 radical (unpaired) electrons. The van der Waals surface area contributed by atoms with E-state index in [4.69, 9.17) is 4.74 Å². The Morgan fingerprint density at radius 3 is 2.69 bits per heavy atom. The number of aliphatic imine (C=N–C) groups is 1. The summed E-state index contributed by atoms with van der Waals surface area (Å²) < 4.78 is 27.4. The number of sulfone groups is 1. The summed E-state index contributed by atoms with van der Waals surface area (Å²) >= 11 is 0. The highest BCUT2D eigenvalue weighted by atomic mass is 32.2. The molecule has 1 aliphatic rings. The van der Waals surface area contributed by atoms with Crippen LogP contribution in [0.2, 0.25) is 0 Å². The number of methoxy groups -OCH3 is 1. The molecule has 1 heterocycles. The number of isocyanates is 1. The molecular weight excluding hydrogens is 194 g/mol. The first-order valence-corrected chi connectivity index (χ1v) is 5.65. The van der Waals surface area contributed by atoms with Crippen molar-refractivity contribution in [3.8, 4) is 0 Å². The number of rotatable bonds is 3. The van der Waals surface area contributed by atoms with Gasteiger partial charge in [-0.2, -0.15) is 0 Å². The molecule has 13 heavy (non-hydrogen) atoms. The van der Waals surface area contributed by atoms with E-state index >= 15 is 0 Å². The zero-order valence-corrected chi connectivity index (χ0v) is 8.13. The average Bonchev–Trinajstić information content (AvgIpc) is 2.40. The minimum atomic E-state index is -3.01. The lowest BCUT2D eigenvalue weighted by atomic mass is 10.0. The van der Waals surface area contributed by atoms with Crippen LogP contribution in [-0.2, 0) is 19.4 Å². The molecule has 0 aliphatic carbocycles. The summed E-state index contributed by atoms with van der Waals surface area (Å²) in [6.07, 6.45) is 1.78. The summed E-state index contributed by atoms with van der Waals surface area (Å²) in [6.45, 7) is 0.0756. The van der Waals surface area contributed by atoms with Crippen LogP contribution in [0.1, 0.15) is 6.42 Å². The molecule has 0 saturated carbocycles. The van der Waals surface area contributed by atoms with Gasteiger partial charge in [-0.15, -0.1) is 0 Å². The second-order valence-electron chi connectivity index (χ2n) is 3.14. The van der Waals surface area contributed by atoms with Crippen molar-refractivity contribution in [1.29, 1.82) is 0 Å². The first kappa shape index (κ1) is 10.4. The Balaban J connectivity index is 2.79. The normalized spacial score (nSPS) is 31.2. The second-order valence-corrected chi connectivity index (χ2v) is 5.32. The smallest absolute Gasteiger partial charge is 0.235 e. The van der Waals surface area contributed by atoms with Gasteiger partial charge in [0.1, 0.15) is 5.60 Å². The molecule has 74 valence electrons. The van der Waals surface area contributed by atoms with Gasteiger partial charge < -0.3 is 4.74 Å². The van der Waals surface area contributed by atoms with E-state index in [9.17, 15) is 13.2 Å². The Morgan fingerprint density at radius 2 is 2.31 bits per heavy atom. The highest BCUT2D eigenvalue weighted by Crippen LogP contribution is 2.26. The van der Waals surface area contributed by atoms with Gasteiger partial charge in [0.2, 0.25) is 6.08 Å². The van der Waals surface area contributed by atoms with Crippen LogP contribution in [0.4, 0.5) is 0 Å². The van der Waals surface area contributed by atoms with Gasteiger partial charge in [-0.1, -0.05) is 0 Å². The van der Waals surface area contributed by atoms with Crippen molar-refractivity contribution in [2.75, 3.05) is 25.2 Å². The predicted molar refractivity (Wildman–Crippen MR) is 46.0 cm³/mol. The molecule has 6 heteroatoms. The molecule has 1 rings (SSSR count). The van der Waals surface area contributed by atoms with Crippen molar-refractivity contribution < 1.29 is 17.9 Å². The third kappa shape index (κ3) is 2.37. The molecule has 0 N–H and O–H groups in total. The molecule has 0 bridgehead atoms. The van der Waals surface area contributed by atoms with E-state index < -0.39 is 15.4 Å². The van der Waals surface area contributed by atoms with Crippen LogP contribution < -0.4 is 0 Å². The van der Waals surface area contributed by atoms with E-state index in [2.05, 4.69) is 4.99 Å². The van der Waals surface area contributed by atoms with Gasteiger partial charge >= 0.3 is 0 Å². The summed E-state index contributed by atoms with van der Waals surface area (Å²) in [5.74, 6) is 0.0525. The molecule has 0 aromatic heterocycles. The molecule has 1 unspecified atom stereocenters. The summed E-state index contributed by atoms with van der Waals surface area (Å²) in [4.78, 5) is 13.3. The van der Waals surface area contributed by atoms with Crippen LogP contribution >= 0.6 is 0 Å². The highest BCUT2D eigenvalue weighted by molar-refractivity contribution is 7.91. The Hall–Kier alpha value is -0.710. The van der Waals surface area contributed by atoms with Gasteiger partial charge in [0.25, 0.3) is 0 Å². The summed E-state index contributed by atoms with van der Waals surface area (Å²) in [6, 6.07) is 0. The molecule has 1 fully saturated rings. The molecule has 0 spiro atoms. The molecule has 1 saturated heterocycles. The Bertz CT molecular complexity index is 330. The van der Waals surface area contributed by atoms with Crippen molar-refractivity contribution in [3.05, 3.63) is 0 Å². The molecule has 1 atom stereocenters. The lowest BCUT2D eigenvalue weighted by Crippen LogP contribution is -2.36. The molecular formula is C7H11NO4S. The van der Waals surface area contributed by atoms with Crippen molar-refractivity contribution >= 4 is 15.9 Å². The van der Waals surface area contributed by atoms with Crippen LogP contribution in [0.15, 0.2) is 4.99 Å². The fourth-order valence-corrected chi connectivity index (χ4v) is 3.40. The van der Waals surface area contributed by atoms with Gasteiger partial charge in [0, 0.05) is 7.11 Å². The minimum absolute atomic E-state index is 0.0539. The monoisotopic (exact) mass is 205 g/mol. The SMILES string of the molecule is COC1(CN=C=O)CCS(=O)(=O)C1. The Labute approximate surface area is 76.7 Å². The summed E-state index contributed by atoms with van der Waals surface area (Å²) in [5.41, 5.74) is -0.795. The highest BCUT2D eigenvalue weighted by Gasteiger charge is 2.42. The summed E-state index contributed by atoms with van der Waals surface area (Å²) in [7, 11) is -1.58. The number of hydrogen-bond acceptors (Lipinski definition) is 5. The zero-order valence-electron chi connectivity index (χ0n) is 7.32. The van der Waals surface area contributed by atoms with Gasteiger partial charge in [-0.25, -0.2) is 18.2 Å². The van der Waals surface area contributed by atoms with Crippen molar-refractivity contribution in [3.63, 3.8) is 0 Å². The topological polar surface area (TPSA) is 72.8 Å². The quantitative estimate of drug-likeness (QED) is 0.461. The van der Waals surface area contributed by atoms with Gasteiger partial charge in [0.05, 0.1) is 18.1 Å². The van der Waals surface area contributed by atoms with E-state index in [-0.39, 0.29) is 18.1 Å². The van der Waals surface area contributed by atoms with E-state index in [0.717, 1.165) is 0 Å². The van der Waals surface area contributed by atoms with E-state index in [1.54, 1.807) is 0 Å². The lowest BCUT2D eigenvalue weighted by molar-refractivity contribution is 0.0210. The maximum absolute atomic E-state index is 11.1. The Morgan fingerprint density at radius 1 is 1.62 bits per heavy atom. The number of nitrogens with zero attached hydrogens (tertiary/aromatic N) is 1. The summed E-state index contributed by atoms with van der Waals surface area (Å²) in [5, 5.41) is 0. The van der Waals surface area contributed by atoms with Crippen LogP contribution in [0.5, 0.6) is 0 Å². The maximum Gasteiger partial charge on any atom is 0.235 e. The first-order chi connectivity index (χ1) is 6.04. The second kappa shape index (κ2) is 3.57. The Kier molecular flexibility index (Phi) is 2.85. The van der Waals surface area contributed by atoms with Gasteiger partial charge in [-0.05, 0) is 6.42 Å². The fourth-order valence-electron chi connectivity index (χ4n) is 1.41. The third-order valence-corrected chi connectivity index (χ3v) is 4.01. The fraction of sp³-hybridized carbons (Fsp3) is 0.857. The number of hydrogen-bond donors (Lipinski definition) is 0. The minimum Gasteiger partial charge on any atom is -0.375 e. The van der Waals surface area contributed by atoms with E-state index in [0.29, 0.717) is 6.42 Å². The standard InChI is InChI=1S/C7H11NO4S/c1-12-7(4-8-6-9)2-3-13(10,11)5-7/h2-5H2,1H3. The molecule has 0 aromatic rings. The first-order valence-electron chi connectivity index (χ1n) is 3.83. The number of carbonyl (C=O) groups excluding carboxylic acids is 1. The van der Waals surface area contributed by atoms with Crippen LogP contribution in [-0.4, -0.2) is 45.3 Å². The van der Waals surface area contributed by atoms with Crippen molar-refractivity contribution in [2.45, 2.75) is 12.0 Å². The van der Waals surface area contributed by atoms with Crippen LogP contribution in [0, 0.1) is 0 Å². The third-order valence-electron chi connectivity index (χ3n) is 2.22. The lowest BCUT2D eigenvalue weighted by Gasteiger charge is -2.22. The van der Waals surface area contributed by atoms with E-state index in [1.165, 1.54) is 13.2 Å². The number of ether oxygens (including phenoxy) is 1. The van der Waals surface area contributed by atoms with E-state index in [1.807, 2.05) is 0 Å². The molecule has 5 nitrogen and oxygen atoms in total. The molecule has 1 aliphatic heterocycles.